The van der Waals surface area contributed by atoms with Crippen molar-refractivity contribution < 1.29 is 18.0 Å². The summed E-state index contributed by atoms with van der Waals surface area (Å²) in [5.41, 5.74) is 0.407. The van der Waals surface area contributed by atoms with E-state index in [4.69, 9.17) is 0 Å². The molecule has 1 rings (SSSR count). The SMILES string of the molecule is CC(=O)Nc1ccccc1SCC(F)(F)F. The molecule has 6 heteroatoms. The smallest absolute Gasteiger partial charge is 0.325 e. The lowest BCUT2D eigenvalue weighted by Crippen LogP contribution is -2.11. The molecule has 16 heavy (non-hydrogen) atoms. The fourth-order valence-electron chi connectivity index (χ4n) is 1.05. The van der Waals surface area contributed by atoms with E-state index in [1.165, 1.54) is 6.92 Å². The highest BCUT2D eigenvalue weighted by Crippen LogP contribution is 2.31. The normalized spacial score (nSPS) is 11.2. The predicted octanol–water partition coefficient (Wildman–Crippen LogP) is 3.30. The summed E-state index contributed by atoms with van der Waals surface area (Å²) in [6.45, 7) is 1.31. The number of anilines is 1. The molecule has 0 saturated heterocycles. The first-order valence-electron chi connectivity index (χ1n) is 4.44. The lowest BCUT2D eigenvalue weighted by Gasteiger charge is -2.10. The molecule has 0 aromatic heterocycles. The van der Waals surface area contributed by atoms with E-state index in [0.717, 1.165) is 0 Å². The molecule has 1 aromatic carbocycles. The first-order valence-corrected chi connectivity index (χ1v) is 5.43. The second-order valence-corrected chi connectivity index (χ2v) is 4.10. The van der Waals surface area contributed by atoms with Gasteiger partial charge < -0.3 is 5.32 Å². The maximum atomic E-state index is 12.0. The van der Waals surface area contributed by atoms with Gasteiger partial charge in [-0.25, -0.2) is 0 Å². The number of para-hydroxylation sites is 1. The minimum absolute atomic E-state index is 0.306. The zero-order chi connectivity index (χ0) is 12.2. The summed E-state index contributed by atoms with van der Waals surface area (Å²) in [5.74, 6) is -1.27. The Bertz CT molecular complexity index is 379. The summed E-state index contributed by atoms with van der Waals surface area (Å²) in [5, 5.41) is 2.48. The fourth-order valence-corrected chi connectivity index (χ4v) is 1.81. The maximum absolute atomic E-state index is 12.0. The molecule has 88 valence electrons. The topological polar surface area (TPSA) is 29.1 Å². The number of rotatable bonds is 3. The molecule has 0 aliphatic carbocycles. The molecule has 0 aliphatic heterocycles. The molecule has 0 bridgehead atoms. The van der Waals surface area contributed by atoms with E-state index in [-0.39, 0.29) is 5.91 Å². The molecule has 2 nitrogen and oxygen atoms in total. The maximum Gasteiger partial charge on any atom is 0.398 e. The van der Waals surface area contributed by atoms with E-state index < -0.39 is 11.9 Å². The minimum Gasteiger partial charge on any atom is -0.325 e. The first-order chi connectivity index (χ1) is 7.38. The molecule has 1 N–H and O–H groups in total. The Hall–Kier alpha value is -1.17. The van der Waals surface area contributed by atoms with E-state index in [1.54, 1.807) is 24.3 Å². The molecule has 0 aliphatic rings. The van der Waals surface area contributed by atoms with Crippen LogP contribution in [0.25, 0.3) is 0 Å². The Morgan fingerprint density at radius 3 is 2.56 bits per heavy atom. The van der Waals surface area contributed by atoms with Crippen molar-refractivity contribution in [3.05, 3.63) is 24.3 Å². The molecule has 0 spiro atoms. The largest absolute Gasteiger partial charge is 0.398 e. The average molecular weight is 249 g/mol. The van der Waals surface area contributed by atoms with Crippen molar-refractivity contribution in [2.24, 2.45) is 0 Å². The molecule has 0 radical (unpaired) electrons. The zero-order valence-electron chi connectivity index (χ0n) is 8.47. The van der Waals surface area contributed by atoms with E-state index in [0.29, 0.717) is 22.3 Å². The summed E-state index contributed by atoms with van der Waals surface area (Å²) in [6, 6.07) is 6.40. The first kappa shape index (κ1) is 12.9. The number of hydrogen-bond donors (Lipinski definition) is 1. The standard InChI is InChI=1S/C10H10F3NOS/c1-7(15)14-8-4-2-3-5-9(8)16-6-10(11,12)13/h2-5H,6H2,1H3,(H,14,15). The summed E-state index contributed by atoms with van der Waals surface area (Å²) >= 11 is 0.656. The van der Waals surface area contributed by atoms with Crippen LogP contribution < -0.4 is 5.32 Å². The molecule has 0 atom stereocenters. The third-order valence-corrected chi connectivity index (χ3v) is 2.73. The van der Waals surface area contributed by atoms with Gasteiger partial charge in [-0.15, -0.1) is 11.8 Å². The van der Waals surface area contributed by atoms with Crippen molar-refractivity contribution in [3.63, 3.8) is 0 Å². The van der Waals surface area contributed by atoms with E-state index in [9.17, 15) is 18.0 Å². The summed E-state index contributed by atoms with van der Waals surface area (Å²) in [6.07, 6.45) is -4.21. The van der Waals surface area contributed by atoms with Crippen molar-refractivity contribution in [1.82, 2.24) is 0 Å². The molecular weight excluding hydrogens is 239 g/mol. The molecule has 1 aromatic rings. The third kappa shape index (κ3) is 4.57. The summed E-state index contributed by atoms with van der Waals surface area (Å²) in [4.78, 5) is 11.2. The van der Waals surface area contributed by atoms with Crippen molar-refractivity contribution in [1.29, 1.82) is 0 Å². The number of hydrogen-bond acceptors (Lipinski definition) is 2. The monoisotopic (exact) mass is 249 g/mol. The van der Waals surface area contributed by atoms with E-state index in [2.05, 4.69) is 5.32 Å². The van der Waals surface area contributed by atoms with Crippen molar-refractivity contribution in [2.75, 3.05) is 11.1 Å². The van der Waals surface area contributed by atoms with Crippen LogP contribution >= 0.6 is 11.8 Å². The quantitative estimate of drug-likeness (QED) is 0.833. The number of carbonyl (C=O) groups excluding carboxylic acids is 1. The molecule has 0 fully saturated rings. The lowest BCUT2D eigenvalue weighted by atomic mass is 10.3. The van der Waals surface area contributed by atoms with Gasteiger partial charge in [0, 0.05) is 11.8 Å². The molecular formula is C10H10F3NOS. The Labute approximate surface area is 95.2 Å². The number of alkyl halides is 3. The number of halogens is 3. The highest BCUT2D eigenvalue weighted by molar-refractivity contribution is 7.99. The van der Waals surface area contributed by atoms with Crippen LogP contribution in [0.1, 0.15) is 6.92 Å². The fraction of sp³-hybridized carbons (Fsp3) is 0.300. The van der Waals surface area contributed by atoms with Gasteiger partial charge in [0.05, 0.1) is 11.4 Å². The second kappa shape index (κ2) is 5.25. The van der Waals surface area contributed by atoms with Gasteiger partial charge in [-0.1, -0.05) is 12.1 Å². The highest BCUT2D eigenvalue weighted by Gasteiger charge is 2.27. The van der Waals surface area contributed by atoms with Gasteiger partial charge in [-0.3, -0.25) is 4.79 Å². The van der Waals surface area contributed by atoms with Crippen LogP contribution in [0.5, 0.6) is 0 Å². The Kier molecular flexibility index (Phi) is 4.23. The molecule has 0 unspecified atom stereocenters. The van der Waals surface area contributed by atoms with E-state index in [1.807, 2.05) is 0 Å². The van der Waals surface area contributed by atoms with Gasteiger partial charge in [0.25, 0.3) is 0 Å². The molecule has 0 heterocycles. The Balaban J connectivity index is 2.75. The number of nitrogens with one attached hydrogen (secondary N) is 1. The highest BCUT2D eigenvalue weighted by atomic mass is 32.2. The third-order valence-electron chi connectivity index (χ3n) is 1.59. The lowest BCUT2D eigenvalue weighted by molar-refractivity contribution is -0.114. The van der Waals surface area contributed by atoms with Gasteiger partial charge >= 0.3 is 6.18 Å². The van der Waals surface area contributed by atoms with Gasteiger partial charge in [0.15, 0.2) is 0 Å². The average Bonchev–Trinajstić information content (AvgIpc) is 2.14. The van der Waals surface area contributed by atoms with Crippen LogP contribution in [-0.2, 0) is 4.79 Å². The summed E-state index contributed by atoms with van der Waals surface area (Å²) < 4.78 is 36.1. The van der Waals surface area contributed by atoms with Gasteiger partial charge in [0.1, 0.15) is 0 Å². The van der Waals surface area contributed by atoms with Crippen LogP contribution in [0.2, 0.25) is 0 Å². The Morgan fingerprint density at radius 2 is 2.00 bits per heavy atom. The van der Waals surface area contributed by atoms with Crippen molar-refractivity contribution in [3.8, 4) is 0 Å². The minimum atomic E-state index is -4.21. The number of thioether (sulfide) groups is 1. The van der Waals surface area contributed by atoms with Gasteiger partial charge in [-0.05, 0) is 12.1 Å². The van der Waals surface area contributed by atoms with Crippen LogP contribution in [0.15, 0.2) is 29.2 Å². The van der Waals surface area contributed by atoms with Gasteiger partial charge in [-0.2, -0.15) is 13.2 Å². The van der Waals surface area contributed by atoms with Crippen LogP contribution in [0.3, 0.4) is 0 Å². The van der Waals surface area contributed by atoms with Crippen molar-refractivity contribution in [2.45, 2.75) is 18.0 Å². The zero-order valence-corrected chi connectivity index (χ0v) is 9.28. The van der Waals surface area contributed by atoms with Gasteiger partial charge in [0.2, 0.25) is 5.91 Å². The van der Waals surface area contributed by atoms with Crippen LogP contribution in [-0.4, -0.2) is 17.8 Å². The predicted molar refractivity (Wildman–Crippen MR) is 57.5 cm³/mol. The molecule has 1 amide bonds. The second-order valence-electron chi connectivity index (χ2n) is 3.08. The number of carbonyl (C=O) groups is 1. The van der Waals surface area contributed by atoms with Crippen molar-refractivity contribution >= 4 is 23.4 Å². The van der Waals surface area contributed by atoms with E-state index >= 15 is 0 Å². The summed E-state index contributed by atoms with van der Waals surface area (Å²) in [7, 11) is 0. The van der Waals surface area contributed by atoms with Crippen LogP contribution in [0.4, 0.5) is 18.9 Å². The van der Waals surface area contributed by atoms with Crippen LogP contribution in [0, 0.1) is 0 Å². The molecule has 0 saturated carbocycles. The number of amides is 1. The number of benzene rings is 1. The Morgan fingerprint density at radius 1 is 1.38 bits per heavy atom.